The quantitative estimate of drug-likeness (QED) is 0.608. The third kappa shape index (κ3) is 16.0. The van der Waals surface area contributed by atoms with E-state index in [0.717, 1.165) is 16.1 Å². The van der Waals surface area contributed by atoms with Gasteiger partial charge in [-0.15, -0.1) is 29.7 Å². The van der Waals surface area contributed by atoms with Gasteiger partial charge in [-0.2, -0.15) is 17.5 Å². The van der Waals surface area contributed by atoms with Gasteiger partial charge >= 0.3 is 35.6 Å². The third-order valence-electron chi connectivity index (χ3n) is 1.84. The maximum atomic E-state index is 9.63. The number of halogens is 2. The molecule has 2 radical (unpaired) electrons. The first-order valence-corrected chi connectivity index (χ1v) is 12.3. The van der Waals surface area contributed by atoms with E-state index < -0.39 is 22.9 Å². The van der Waals surface area contributed by atoms with Crippen molar-refractivity contribution in [2.75, 3.05) is 0 Å². The molecule has 0 aliphatic carbocycles. The number of hydrogen-bond acceptors (Lipinski definition) is 2. The van der Waals surface area contributed by atoms with Crippen LogP contribution < -0.4 is 5.73 Å². The van der Waals surface area contributed by atoms with E-state index in [2.05, 4.69) is 61.3 Å². The van der Waals surface area contributed by atoms with Crippen molar-refractivity contribution >= 4 is 44.8 Å². The van der Waals surface area contributed by atoms with Gasteiger partial charge in [0.05, 0.1) is 0 Å². The van der Waals surface area contributed by atoms with Gasteiger partial charge < -0.3 is 10.8 Å². The first-order chi connectivity index (χ1) is 10.1. The van der Waals surface area contributed by atoms with Crippen LogP contribution in [0.3, 0.4) is 0 Å². The van der Waals surface area contributed by atoms with Gasteiger partial charge in [-0.25, -0.2) is 6.61 Å². The van der Waals surface area contributed by atoms with Crippen LogP contribution in [0.5, 0.6) is 0 Å². The van der Waals surface area contributed by atoms with Crippen LogP contribution in [-0.2, 0) is 21.8 Å². The van der Waals surface area contributed by atoms with Gasteiger partial charge in [-0.3, -0.25) is 4.79 Å². The minimum atomic E-state index is -0.556. The van der Waals surface area contributed by atoms with Gasteiger partial charge in [0, 0.05) is 9.52 Å². The van der Waals surface area contributed by atoms with Gasteiger partial charge in [0.1, 0.15) is 0 Å². The average Bonchev–Trinajstić information content (AvgIpc) is 2.89. The third-order valence-corrected chi connectivity index (χ3v) is 1.84. The van der Waals surface area contributed by atoms with Crippen molar-refractivity contribution < 1.29 is 26.9 Å². The molecule has 0 aromatic heterocycles. The molecule has 0 fully saturated rings. The van der Waals surface area contributed by atoms with Gasteiger partial charge in [0.15, 0.2) is 5.91 Å². The Labute approximate surface area is 145 Å². The summed E-state index contributed by atoms with van der Waals surface area (Å²) in [6, 6.07) is 14.7. The predicted octanol–water partition coefficient (Wildman–Crippen LogP) is 4.12. The van der Waals surface area contributed by atoms with E-state index >= 15 is 0 Å². The van der Waals surface area contributed by atoms with Gasteiger partial charge in [-0.05, 0) is 0 Å². The molecule has 2 rings (SSSR count). The van der Waals surface area contributed by atoms with E-state index in [0.29, 0.717) is 0 Å². The first-order valence-electron chi connectivity index (χ1n) is 5.96. The molecule has 0 saturated heterocycles. The molecule has 0 unspecified atom stereocenters. The SMILES string of the molecule is C[Si]C.NC(=O)C[CH-]O.[Cl][Ti][Cl].c1ccc2[cH-]ccc2c1. The maximum Gasteiger partial charge on any atom is -0.0809 e. The molecule has 2 aromatic rings. The van der Waals surface area contributed by atoms with Crippen LogP contribution in [0.4, 0.5) is 0 Å². The zero-order chi connectivity index (χ0) is 16.5. The summed E-state index contributed by atoms with van der Waals surface area (Å²) in [4.78, 5) is 9.63. The molecule has 0 atom stereocenters. The Morgan fingerprint density at radius 3 is 2.29 bits per heavy atom. The molecule has 0 saturated carbocycles. The number of primary amides is 1. The first kappa shape index (κ1) is 23.0. The molecule has 0 bridgehead atoms. The molecule has 7 heteroatoms. The smallest absolute Gasteiger partial charge is 0.0809 e. The van der Waals surface area contributed by atoms with Crippen molar-refractivity contribution in [2.45, 2.75) is 19.5 Å². The summed E-state index contributed by atoms with van der Waals surface area (Å²) in [6.07, 6.45) is -0.0556. The second-order valence-electron chi connectivity index (χ2n) is 3.58. The largest absolute Gasteiger partial charge is 0.168 e. The van der Waals surface area contributed by atoms with Gasteiger partial charge in [0.2, 0.25) is 0 Å². The Morgan fingerprint density at radius 2 is 1.90 bits per heavy atom. The zero-order valence-electron chi connectivity index (χ0n) is 12.0. The van der Waals surface area contributed by atoms with Crippen molar-refractivity contribution in [3.63, 3.8) is 0 Å². The van der Waals surface area contributed by atoms with Crippen LogP contribution in [0.25, 0.3) is 10.8 Å². The number of amides is 1. The van der Waals surface area contributed by atoms with Crippen LogP contribution in [0.1, 0.15) is 6.42 Å². The summed E-state index contributed by atoms with van der Waals surface area (Å²) in [6.45, 7) is 5.03. The molecule has 0 aliphatic heterocycles. The average molecular weight is 380 g/mol. The summed E-state index contributed by atoms with van der Waals surface area (Å²) in [5.41, 5.74) is 4.57. The predicted molar refractivity (Wildman–Crippen MR) is 88.8 cm³/mol. The summed E-state index contributed by atoms with van der Waals surface area (Å²) >= 11 is -0.556. The fourth-order valence-corrected chi connectivity index (χ4v) is 1.16. The van der Waals surface area contributed by atoms with Crippen molar-refractivity contribution in [1.82, 2.24) is 0 Å². The maximum absolute atomic E-state index is 9.63. The van der Waals surface area contributed by atoms with E-state index in [4.69, 9.17) is 23.7 Å². The van der Waals surface area contributed by atoms with Crippen molar-refractivity contribution in [2.24, 2.45) is 5.73 Å². The number of carbonyl (C=O) groups is 1. The fraction of sp³-hybridized carbons (Fsp3) is 0.214. The number of aliphatic hydroxyl groups excluding tert-OH is 1. The van der Waals surface area contributed by atoms with Crippen molar-refractivity contribution in [3.05, 3.63) is 49.1 Å². The molecule has 116 valence electrons. The van der Waals surface area contributed by atoms with E-state index in [9.17, 15) is 4.79 Å². The normalized spacial score (nSPS) is 8.24. The number of benzene rings is 1. The molecule has 0 spiro atoms. The van der Waals surface area contributed by atoms with Gasteiger partial charge in [-0.1, -0.05) is 25.6 Å². The molecule has 21 heavy (non-hydrogen) atoms. The Balaban J connectivity index is 0. The standard InChI is InChI=1S/C9H7.C3H6NO2.C2H6Si.2ClH.Ti/c1-2-5-9-7-3-6-8(9)4-1;4-3(6)1-2-5;1-3-2;;;/h1-7H;2,5H,1H2,(H2,4,6);1-2H3;2*1H;/q2*-1;;;;+2/p-2. The number of rotatable bonds is 2. The van der Waals surface area contributed by atoms with Crippen LogP contribution in [0.2, 0.25) is 13.1 Å². The fourth-order valence-electron chi connectivity index (χ4n) is 1.16. The Bertz CT molecular complexity index is 437. The summed E-state index contributed by atoms with van der Waals surface area (Å²) in [7, 11) is 10.9. The minimum absolute atomic E-state index is 0.0556. The van der Waals surface area contributed by atoms with E-state index in [1.54, 1.807) is 0 Å². The molecule has 3 N–H and O–H groups in total. The Hall–Kier alpha value is -0.229. The van der Waals surface area contributed by atoms with E-state index in [1.807, 2.05) is 0 Å². The van der Waals surface area contributed by atoms with Crippen LogP contribution >= 0.6 is 18.6 Å². The summed E-state index contributed by atoms with van der Waals surface area (Å²) in [5.74, 6) is -0.516. The van der Waals surface area contributed by atoms with Crippen LogP contribution in [0.15, 0.2) is 42.5 Å². The number of carbonyl (C=O) groups excluding carboxylic acids is 1. The van der Waals surface area contributed by atoms with Crippen LogP contribution in [-0.4, -0.2) is 20.5 Å². The second-order valence-corrected chi connectivity index (χ2v) is 7.16. The second kappa shape index (κ2) is 17.8. The number of fused-ring (bicyclic) bond motifs is 1. The molecule has 3 nitrogen and oxygen atoms in total. The Morgan fingerprint density at radius 1 is 1.38 bits per heavy atom. The molecular weight excluding hydrogens is 361 g/mol. The Kier molecular flexibility index (Phi) is 19.6. The summed E-state index contributed by atoms with van der Waals surface area (Å²) in [5, 5.41) is 10.5. The molecule has 1 amide bonds. The zero-order valence-corrected chi connectivity index (χ0v) is 16.1. The number of hydrogen-bond donors (Lipinski definition) is 2. The molecule has 0 heterocycles. The minimum Gasteiger partial charge on any atom is -0.168 e. The topological polar surface area (TPSA) is 63.3 Å². The van der Waals surface area contributed by atoms with Crippen molar-refractivity contribution in [1.29, 1.82) is 0 Å². The number of aliphatic hydroxyl groups is 1. The molecule has 0 aliphatic rings. The number of nitrogens with two attached hydrogens (primary N) is 1. The van der Waals surface area contributed by atoms with Gasteiger partial charge in [0.25, 0.3) is 0 Å². The van der Waals surface area contributed by atoms with E-state index in [1.165, 1.54) is 10.8 Å². The van der Waals surface area contributed by atoms with E-state index in [-0.39, 0.29) is 6.42 Å². The molecule has 2 aromatic carbocycles. The monoisotopic (exact) mass is 379 g/mol. The van der Waals surface area contributed by atoms with Crippen molar-refractivity contribution in [3.8, 4) is 0 Å². The molecular formula is C14H19Cl2NO2SiTi-2. The summed E-state index contributed by atoms with van der Waals surface area (Å²) < 4.78 is 0. The van der Waals surface area contributed by atoms with Crippen LogP contribution in [0, 0.1) is 6.61 Å².